The number of anilines is 3. The van der Waals surface area contributed by atoms with Crippen LogP contribution in [0.3, 0.4) is 0 Å². The number of hydrogen-bond donors (Lipinski definition) is 3. The van der Waals surface area contributed by atoms with Crippen molar-refractivity contribution in [2.75, 3.05) is 23.5 Å². The van der Waals surface area contributed by atoms with Crippen molar-refractivity contribution in [3.63, 3.8) is 0 Å². The Labute approximate surface area is 178 Å². The maximum absolute atomic E-state index is 12.5. The number of rotatable bonds is 6. The Bertz CT molecular complexity index is 1110. The van der Waals surface area contributed by atoms with Gasteiger partial charge in [-0.25, -0.2) is 4.68 Å². The highest BCUT2D eigenvalue weighted by atomic mass is 35.5. The number of aromatic nitrogens is 3. The summed E-state index contributed by atoms with van der Waals surface area (Å²) in [6, 6.07) is 10.5. The van der Waals surface area contributed by atoms with Crippen molar-refractivity contribution < 1.29 is 14.3 Å². The Hall–Kier alpha value is -3.59. The molecule has 0 aliphatic carbocycles. The van der Waals surface area contributed by atoms with Gasteiger partial charge in [0.05, 0.1) is 12.1 Å². The van der Waals surface area contributed by atoms with Crippen molar-refractivity contribution in [2.45, 2.75) is 20.4 Å². The van der Waals surface area contributed by atoms with E-state index in [1.807, 2.05) is 26.0 Å². The molecule has 0 aliphatic heterocycles. The van der Waals surface area contributed by atoms with E-state index in [0.29, 0.717) is 22.1 Å². The number of aryl methyl sites for hydroxylation is 2. The van der Waals surface area contributed by atoms with Gasteiger partial charge in [0.2, 0.25) is 5.91 Å². The molecule has 30 heavy (non-hydrogen) atoms. The lowest BCUT2D eigenvalue weighted by molar-refractivity contribution is -0.116. The van der Waals surface area contributed by atoms with Gasteiger partial charge >= 0.3 is 0 Å². The second kappa shape index (κ2) is 8.83. The van der Waals surface area contributed by atoms with Gasteiger partial charge in [-0.3, -0.25) is 9.59 Å². The fourth-order valence-electron chi connectivity index (χ4n) is 2.81. The minimum absolute atomic E-state index is 0.0137. The lowest BCUT2D eigenvalue weighted by Gasteiger charge is -2.09. The molecule has 156 valence electrons. The molecule has 3 aromatic rings. The summed E-state index contributed by atoms with van der Waals surface area (Å²) in [6.07, 6.45) is 0. The maximum atomic E-state index is 12.5. The summed E-state index contributed by atoms with van der Waals surface area (Å²) in [5, 5.41) is 13.4. The molecule has 0 aliphatic rings. The van der Waals surface area contributed by atoms with Crippen molar-refractivity contribution in [1.82, 2.24) is 15.0 Å². The second-order valence-corrected chi connectivity index (χ2v) is 7.06. The van der Waals surface area contributed by atoms with Crippen LogP contribution in [0.15, 0.2) is 36.4 Å². The number of nitrogens with two attached hydrogens (primary N) is 1. The first-order valence-corrected chi connectivity index (χ1v) is 9.37. The highest BCUT2D eigenvalue weighted by Gasteiger charge is 2.19. The fourth-order valence-corrected chi connectivity index (χ4v) is 3.07. The highest BCUT2D eigenvalue weighted by molar-refractivity contribution is 6.32. The molecule has 0 spiro atoms. The average Bonchev–Trinajstić information content (AvgIpc) is 3.04. The number of benzene rings is 2. The van der Waals surface area contributed by atoms with E-state index in [4.69, 9.17) is 22.1 Å². The molecule has 0 atom stereocenters. The van der Waals surface area contributed by atoms with Gasteiger partial charge < -0.3 is 21.1 Å². The van der Waals surface area contributed by atoms with Gasteiger partial charge in [0.25, 0.3) is 5.91 Å². The molecule has 4 N–H and O–H groups in total. The number of amides is 2. The third kappa shape index (κ3) is 4.69. The number of nitrogens with one attached hydrogen (secondary N) is 2. The predicted octanol–water partition coefficient (Wildman–Crippen LogP) is 3.03. The molecule has 10 heteroatoms. The second-order valence-electron chi connectivity index (χ2n) is 6.65. The third-order valence-electron chi connectivity index (χ3n) is 4.35. The standard InChI is InChI=1S/C20H21ClN6O3/c1-11-4-6-15(12(2)8-11)24-20(29)18-19(22)27(26-25-18)10-17(28)23-13-5-7-16(30-3)14(21)9-13/h4-9H,10,22H2,1-3H3,(H,23,28)(H,24,29). The van der Waals surface area contributed by atoms with E-state index in [1.165, 1.54) is 7.11 Å². The molecule has 3 rings (SSSR count). The number of ether oxygens (including phenoxy) is 1. The zero-order chi connectivity index (χ0) is 21.8. The van der Waals surface area contributed by atoms with Crippen LogP contribution in [0, 0.1) is 13.8 Å². The summed E-state index contributed by atoms with van der Waals surface area (Å²) in [4.78, 5) is 24.8. The molecule has 1 heterocycles. The fraction of sp³-hybridized carbons (Fsp3) is 0.200. The maximum Gasteiger partial charge on any atom is 0.280 e. The van der Waals surface area contributed by atoms with Crippen molar-refractivity contribution in [2.24, 2.45) is 0 Å². The predicted molar refractivity (Wildman–Crippen MR) is 115 cm³/mol. The Kier molecular flexibility index (Phi) is 6.22. The number of carbonyl (C=O) groups is 2. The van der Waals surface area contributed by atoms with E-state index in [-0.39, 0.29) is 18.1 Å². The van der Waals surface area contributed by atoms with Gasteiger partial charge in [0.1, 0.15) is 12.3 Å². The van der Waals surface area contributed by atoms with Gasteiger partial charge in [-0.15, -0.1) is 5.10 Å². The highest BCUT2D eigenvalue weighted by Crippen LogP contribution is 2.27. The van der Waals surface area contributed by atoms with E-state index < -0.39 is 11.8 Å². The van der Waals surface area contributed by atoms with Crippen LogP contribution in [0.5, 0.6) is 5.75 Å². The molecule has 2 aromatic carbocycles. The van der Waals surface area contributed by atoms with Crippen molar-refractivity contribution in [3.05, 3.63) is 58.2 Å². The molecular formula is C20H21ClN6O3. The van der Waals surface area contributed by atoms with E-state index in [2.05, 4.69) is 20.9 Å². The molecule has 9 nitrogen and oxygen atoms in total. The van der Waals surface area contributed by atoms with Crippen LogP contribution in [0.25, 0.3) is 0 Å². The molecule has 0 bridgehead atoms. The zero-order valence-corrected chi connectivity index (χ0v) is 17.4. The Morgan fingerprint density at radius 2 is 1.93 bits per heavy atom. The number of nitrogens with zero attached hydrogens (tertiary/aromatic N) is 3. The Balaban J connectivity index is 1.67. The summed E-state index contributed by atoms with van der Waals surface area (Å²) in [5.74, 6) is -0.433. The normalized spacial score (nSPS) is 10.5. The van der Waals surface area contributed by atoms with Crippen LogP contribution < -0.4 is 21.1 Å². The van der Waals surface area contributed by atoms with Crippen LogP contribution in [0.4, 0.5) is 17.2 Å². The van der Waals surface area contributed by atoms with Gasteiger partial charge in [0.15, 0.2) is 11.5 Å². The van der Waals surface area contributed by atoms with E-state index in [0.717, 1.165) is 15.8 Å². The Morgan fingerprint density at radius 1 is 1.17 bits per heavy atom. The van der Waals surface area contributed by atoms with Gasteiger partial charge in [-0.2, -0.15) is 0 Å². The first-order valence-electron chi connectivity index (χ1n) is 8.99. The van der Waals surface area contributed by atoms with Crippen LogP contribution in [0.1, 0.15) is 21.6 Å². The van der Waals surface area contributed by atoms with E-state index in [9.17, 15) is 9.59 Å². The molecule has 0 unspecified atom stereocenters. The molecule has 1 aromatic heterocycles. The number of nitrogen functional groups attached to an aromatic ring is 1. The molecule has 0 saturated carbocycles. The molecule has 0 fully saturated rings. The summed E-state index contributed by atoms with van der Waals surface area (Å²) in [6.45, 7) is 3.63. The van der Waals surface area contributed by atoms with Crippen molar-refractivity contribution in [3.8, 4) is 5.75 Å². The third-order valence-corrected chi connectivity index (χ3v) is 4.64. The molecule has 2 amide bonds. The minimum atomic E-state index is -0.506. The number of hydrogen-bond acceptors (Lipinski definition) is 6. The van der Waals surface area contributed by atoms with Crippen LogP contribution in [-0.4, -0.2) is 33.9 Å². The zero-order valence-electron chi connectivity index (χ0n) is 16.7. The van der Waals surface area contributed by atoms with Crippen LogP contribution in [0.2, 0.25) is 5.02 Å². The minimum Gasteiger partial charge on any atom is -0.495 e. The first-order chi connectivity index (χ1) is 14.3. The first kappa shape index (κ1) is 21.1. The number of halogens is 1. The summed E-state index contributed by atoms with van der Waals surface area (Å²) >= 11 is 6.05. The van der Waals surface area contributed by atoms with E-state index in [1.54, 1.807) is 24.3 Å². The summed E-state index contributed by atoms with van der Waals surface area (Å²) in [5.41, 5.74) is 9.05. The topological polar surface area (TPSA) is 124 Å². The van der Waals surface area contributed by atoms with Crippen LogP contribution >= 0.6 is 11.6 Å². The molecular weight excluding hydrogens is 408 g/mol. The molecule has 0 radical (unpaired) electrons. The largest absolute Gasteiger partial charge is 0.495 e. The average molecular weight is 429 g/mol. The van der Waals surface area contributed by atoms with Gasteiger partial charge in [0, 0.05) is 11.4 Å². The van der Waals surface area contributed by atoms with Crippen molar-refractivity contribution >= 4 is 40.6 Å². The van der Waals surface area contributed by atoms with E-state index >= 15 is 0 Å². The van der Waals surface area contributed by atoms with Gasteiger partial charge in [-0.1, -0.05) is 34.5 Å². The summed E-state index contributed by atoms with van der Waals surface area (Å²) < 4.78 is 6.23. The van der Waals surface area contributed by atoms with Gasteiger partial charge in [-0.05, 0) is 43.7 Å². The molecule has 0 saturated heterocycles. The lowest BCUT2D eigenvalue weighted by Crippen LogP contribution is -2.21. The number of methoxy groups -OCH3 is 1. The SMILES string of the molecule is COc1ccc(NC(=O)Cn2nnc(C(=O)Nc3ccc(C)cc3C)c2N)cc1Cl. The monoisotopic (exact) mass is 428 g/mol. The summed E-state index contributed by atoms with van der Waals surface area (Å²) in [7, 11) is 1.50. The Morgan fingerprint density at radius 3 is 2.60 bits per heavy atom. The number of carbonyl (C=O) groups excluding carboxylic acids is 2. The van der Waals surface area contributed by atoms with Crippen LogP contribution in [-0.2, 0) is 11.3 Å². The van der Waals surface area contributed by atoms with Crippen molar-refractivity contribution in [1.29, 1.82) is 0 Å². The lowest BCUT2D eigenvalue weighted by atomic mass is 10.1. The smallest absolute Gasteiger partial charge is 0.280 e. The quantitative estimate of drug-likeness (QED) is 0.554.